The second-order valence-electron chi connectivity index (χ2n) is 3.89. The Morgan fingerprint density at radius 3 is 2.76 bits per heavy atom. The molecule has 2 aromatic heterocycles. The number of aromatic nitrogens is 3. The average molecular weight is 295 g/mol. The van der Waals surface area contributed by atoms with Crippen LogP contribution in [0.5, 0.6) is 0 Å². The lowest BCUT2D eigenvalue weighted by Crippen LogP contribution is -2.16. The second kappa shape index (κ2) is 5.42. The van der Waals surface area contributed by atoms with Crippen LogP contribution in [0.4, 0.5) is 0 Å². The zero-order chi connectivity index (χ0) is 12.3. The van der Waals surface area contributed by atoms with Gasteiger partial charge >= 0.3 is 0 Å². The molecule has 0 atom stereocenters. The van der Waals surface area contributed by atoms with E-state index in [0.29, 0.717) is 0 Å². The second-order valence-corrected chi connectivity index (χ2v) is 4.69. The van der Waals surface area contributed by atoms with Crippen molar-refractivity contribution in [2.75, 3.05) is 0 Å². The van der Waals surface area contributed by atoms with Gasteiger partial charge in [0.25, 0.3) is 0 Å². The number of hydrogen-bond donors (Lipinski definition) is 1. The summed E-state index contributed by atoms with van der Waals surface area (Å²) in [6.07, 6.45) is 1.81. The Labute approximate surface area is 109 Å². The van der Waals surface area contributed by atoms with Crippen molar-refractivity contribution < 1.29 is 0 Å². The highest BCUT2D eigenvalue weighted by Crippen LogP contribution is 2.19. The molecule has 0 saturated carbocycles. The maximum Gasteiger partial charge on any atom is 0.0739 e. The van der Waals surface area contributed by atoms with Gasteiger partial charge in [-0.25, -0.2) is 0 Å². The van der Waals surface area contributed by atoms with Crippen molar-refractivity contribution >= 4 is 15.9 Å². The Hall–Kier alpha value is -1.20. The third kappa shape index (κ3) is 2.92. The fourth-order valence-corrected chi connectivity index (χ4v) is 2.16. The van der Waals surface area contributed by atoms with Crippen molar-refractivity contribution in [1.29, 1.82) is 0 Å². The normalized spacial score (nSPS) is 10.8. The third-order valence-electron chi connectivity index (χ3n) is 2.59. The van der Waals surface area contributed by atoms with Crippen LogP contribution < -0.4 is 5.32 Å². The first-order valence-corrected chi connectivity index (χ1v) is 6.26. The summed E-state index contributed by atoms with van der Waals surface area (Å²) in [5.41, 5.74) is 3.21. The van der Waals surface area contributed by atoms with Crippen LogP contribution in [-0.4, -0.2) is 14.8 Å². The molecule has 4 nitrogen and oxygen atoms in total. The minimum absolute atomic E-state index is 0.761. The largest absolute Gasteiger partial charge is 0.305 e. The Balaban J connectivity index is 1.95. The van der Waals surface area contributed by atoms with E-state index in [0.717, 1.165) is 34.6 Å². The van der Waals surface area contributed by atoms with Crippen LogP contribution in [0.25, 0.3) is 0 Å². The predicted octanol–water partition coefficient (Wildman–Crippen LogP) is 2.18. The van der Waals surface area contributed by atoms with Crippen molar-refractivity contribution in [2.45, 2.75) is 20.0 Å². The van der Waals surface area contributed by atoms with E-state index >= 15 is 0 Å². The molecule has 0 fully saturated rings. The van der Waals surface area contributed by atoms with Crippen molar-refractivity contribution in [2.24, 2.45) is 7.05 Å². The smallest absolute Gasteiger partial charge is 0.0739 e. The Morgan fingerprint density at radius 2 is 2.18 bits per heavy atom. The SMILES string of the molecule is Cc1nn(C)c(CNCc2ccccn2)c1Br. The third-order valence-corrected chi connectivity index (χ3v) is 3.62. The molecule has 0 unspecified atom stereocenters. The standard InChI is InChI=1S/C12H15BrN4/c1-9-12(13)11(17(2)16-9)8-14-7-10-5-3-4-6-15-10/h3-6,14H,7-8H2,1-2H3. The molecule has 0 saturated heterocycles. The maximum atomic E-state index is 4.35. The molecular formula is C12H15BrN4. The first-order chi connectivity index (χ1) is 8.18. The highest BCUT2D eigenvalue weighted by molar-refractivity contribution is 9.10. The minimum Gasteiger partial charge on any atom is -0.305 e. The summed E-state index contributed by atoms with van der Waals surface area (Å²) in [6.45, 7) is 3.53. The molecule has 90 valence electrons. The Bertz CT molecular complexity index is 493. The summed E-state index contributed by atoms with van der Waals surface area (Å²) in [5, 5.41) is 7.71. The summed E-state index contributed by atoms with van der Waals surface area (Å²) in [4.78, 5) is 4.26. The monoisotopic (exact) mass is 294 g/mol. The first kappa shape index (κ1) is 12.3. The van der Waals surface area contributed by atoms with E-state index in [9.17, 15) is 0 Å². The summed E-state index contributed by atoms with van der Waals surface area (Å²) in [6, 6.07) is 5.93. The lowest BCUT2D eigenvalue weighted by Gasteiger charge is -2.05. The molecule has 0 aliphatic carbocycles. The first-order valence-electron chi connectivity index (χ1n) is 5.47. The predicted molar refractivity (Wildman–Crippen MR) is 70.4 cm³/mol. The summed E-state index contributed by atoms with van der Waals surface area (Å²) >= 11 is 3.55. The van der Waals surface area contributed by atoms with Crippen molar-refractivity contribution in [3.63, 3.8) is 0 Å². The van der Waals surface area contributed by atoms with Crippen LogP contribution >= 0.6 is 15.9 Å². The molecule has 0 aliphatic rings. The van der Waals surface area contributed by atoms with E-state index in [4.69, 9.17) is 0 Å². The molecule has 2 heterocycles. The molecule has 0 radical (unpaired) electrons. The minimum atomic E-state index is 0.761. The van der Waals surface area contributed by atoms with Gasteiger partial charge in [-0.3, -0.25) is 9.67 Å². The van der Waals surface area contributed by atoms with Crippen molar-refractivity contribution in [3.8, 4) is 0 Å². The van der Waals surface area contributed by atoms with Gasteiger partial charge in [0.2, 0.25) is 0 Å². The highest BCUT2D eigenvalue weighted by atomic mass is 79.9. The maximum absolute atomic E-state index is 4.35. The number of hydrogen-bond acceptors (Lipinski definition) is 3. The summed E-state index contributed by atoms with van der Waals surface area (Å²) < 4.78 is 2.97. The number of nitrogens with zero attached hydrogens (tertiary/aromatic N) is 3. The molecule has 0 amide bonds. The number of nitrogens with one attached hydrogen (secondary N) is 1. The van der Waals surface area contributed by atoms with Gasteiger partial charge in [0.05, 0.1) is 21.6 Å². The van der Waals surface area contributed by atoms with Crippen LogP contribution in [0.2, 0.25) is 0 Å². The van der Waals surface area contributed by atoms with Crippen LogP contribution in [-0.2, 0) is 20.1 Å². The van der Waals surface area contributed by atoms with E-state index in [1.807, 2.05) is 36.9 Å². The lowest BCUT2D eigenvalue weighted by atomic mass is 10.3. The van der Waals surface area contributed by atoms with Gasteiger partial charge in [-0.1, -0.05) is 6.07 Å². The number of aryl methyl sites for hydroxylation is 2. The number of rotatable bonds is 4. The van der Waals surface area contributed by atoms with Gasteiger partial charge < -0.3 is 5.32 Å². The van der Waals surface area contributed by atoms with E-state index < -0.39 is 0 Å². The van der Waals surface area contributed by atoms with E-state index in [1.54, 1.807) is 6.20 Å². The van der Waals surface area contributed by atoms with Gasteiger partial charge in [-0.15, -0.1) is 0 Å². The summed E-state index contributed by atoms with van der Waals surface area (Å²) in [5.74, 6) is 0. The molecule has 0 spiro atoms. The van der Waals surface area contributed by atoms with Crippen LogP contribution in [0, 0.1) is 6.92 Å². The van der Waals surface area contributed by atoms with Gasteiger partial charge in [0.1, 0.15) is 0 Å². The zero-order valence-corrected chi connectivity index (χ0v) is 11.5. The molecule has 0 aliphatic heterocycles. The van der Waals surface area contributed by atoms with Crippen molar-refractivity contribution in [3.05, 3.63) is 46.0 Å². The molecule has 17 heavy (non-hydrogen) atoms. The molecule has 2 aromatic rings. The zero-order valence-electron chi connectivity index (χ0n) is 9.94. The van der Waals surface area contributed by atoms with Crippen LogP contribution in [0.3, 0.4) is 0 Å². The molecule has 0 bridgehead atoms. The van der Waals surface area contributed by atoms with E-state index in [1.165, 1.54) is 0 Å². The van der Waals surface area contributed by atoms with Gasteiger partial charge in [0.15, 0.2) is 0 Å². The number of halogens is 1. The van der Waals surface area contributed by atoms with E-state index in [-0.39, 0.29) is 0 Å². The quantitative estimate of drug-likeness (QED) is 0.940. The molecule has 1 N–H and O–H groups in total. The molecule has 2 rings (SSSR count). The molecular weight excluding hydrogens is 280 g/mol. The molecule has 5 heteroatoms. The Kier molecular flexibility index (Phi) is 3.91. The Morgan fingerprint density at radius 1 is 1.35 bits per heavy atom. The van der Waals surface area contributed by atoms with Crippen LogP contribution in [0.1, 0.15) is 17.1 Å². The fourth-order valence-electron chi connectivity index (χ4n) is 1.68. The molecule has 0 aromatic carbocycles. The van der Waals surface area contributed by atoms with E-state index in [2.05, 4.69) is 31.3 Å². The van der Waals surface area contributed by atoms with Crippen LogP contribution in [0.15, 0.2) is 28.9 Å². The van der Waals surface area contributed by atoms with Crippen molar-refractivity contribution in [1.82, 2.24) is 20.1 Å². The van der Waals surface area contributed by atoms with Gasteiger partial charge in [-0.2, -0.15) is 5.10 Å². The summed E-state index contributed by atoms with van der Waals surface area (Å²) in [7, 11) is 1.95. The fraction of sp³-hybridized carbons (Fsp3) is 0.333. The lowest BCUT2D eigenvalue weighted by molar-refractivity contribution is 0.617. The van der Waals surface area contributed by atoms with Gasteiger partial charge in [-0.05, 0) is 35.0 Å². The topological polar surface area (TPSA) is 42.7 Å². The van der Waals surface area contributed by atoms with Gasteiger partial charge in [0, 0.05) is 26.3 Å². The highest BCUT2D eigenvalue weighted by Gasteiger charge is 2.09. The average Bonchev–Trinajstić information content (AvgIpc) is 2.57. The number of pyridine rings is 1.